The lowest BCUT2D eigenvalue weighted by Gasteiger charge is -2.33. The summed E-state index contributed by atoms with van der Waals surface area (Å²) in [7, 11) is 0. The van der Waals surface area contributed by atoms with Crippen LogP contribution in [0.15, 0.2) is 18.5 Å². The Morgan fingerprint density at radius 3 is 2.80 bits per heavy atom. The van der Waals surface area contributed by atoms with Crippen LogP contribution in [0.5, 0.6) is 0 Å². The maximum absolute atomic E-state index is 12.4. The summed E-state index contributed by atoms with van der Waals surface area (Å²) in [6.45, 7) is 7.94. The highest BCUT2D eigenvalue weighted by atomic mass is 16.2. The Morgan fingerprint density at radius 1 is 1.45 bits per heavy atom. The van der Waals surface area contributed by atoms with Crippen molar-refractivity contribution < 1.29 is 4.79 Å². The van der Waals surface area contributed by atoms with Gasteiger partial charge in [-0.2, -0.15) is 5.10 Å². The van der Waals surface area contributed by atoms with Crippen molar-refractivity contribution >= 4 is 5.91 Å². The molecule has 1 saturated heterocycles. The van der Waals surface area contributed by atoms with Gasteiger partial charge in [-0.15, -0.1) is 0 Å². The van der Waals surface area contributed by atoms with E-state index < -0.39 is 0 Å². The summed E-state index contributed by atoms with van der Waals surface area (Å²) in [6.07, 6.45) is 6.54. The minimum atomic E-state index is 0.244. The first-order valence-electron chi connectivity index (χ1n) is 7.64. The van der Waals surface area contributed by atoms with Crippen LogP contribution in [0.3, 0.4) is 0 Å². The predicted octanol–water partition coefficient (Wildman–Crippen LogP) is 1.51. The molecule has 1 aromatic heterocycles. The molecule has 0 aliphatic carbocycles. The molecule has 0 unspecified atom stereocenters. The largest absolute Gasteiger partial charge is 0.340 e. The molecular weight excluding hydrogens is 252 g/mol. The third-order valence-corrected chi connectivity index (χ3v) is 3.97. The fourth-order valence-corrected chi connectivity index (χ4v) is 2.73. The summed E-state index contributed by atoms with van der Waals surface area (Å²) in [5.41, 5.74) is 0. The van der Waals surface area contributed by atoms with Gasteiger partial charge in [0.2, 0.25) is 5.91 Å². The van der Waals surface area contributed by atoms with Crippen molar-refractivity contribution in [2.45, 2.75) is 45.7 Å². The Kier molecular flexibility index (Phi) is 5.59. The van der Waals surface area contributed by atoms with Crippen LogP contribution in [0, 0.1) is 5.92 Å². The SMILES string of the molecule is CC(C)N(CC1CCNCC1)C(=O)CCn1cccn1. The lowest BCUT2D eigenvalue weighted by atomic mass is 9.97. The maximum atomic E-state index is 12.4. The number of nitrogens with one attached hydrogen (secondary N) is 1. The fourth-order valence-electron chi connectivity index (χ4n) is 2.73. The number of carbonyl (C=O) groups is 1. The van der Waals surface area contributed by atoms with Gasteiger partial charge in [-0.1, -0.05) is 0 Å². The third-order valence-electron chi connectivity index (χ3n) is 3.97. The summed E-state index contributed by atoms with van der Waals surface area (Å²) in [4.78, 5) is 14.5. The molecule has 0 bridgehead atoms. The Bertz CT molecular complexity index is 396. The molecule has 1 N–H and O–H groups in total. The molecule has 2 heterocycles. The van der Waals surface area contributed by atoms with Gasteiger partial charge in [0.05, 0.1) is 0 Å². The monoisotopic (exact) mass is 278 g/mol. The van der Waals surface area contributed by atoms with Crippen LogP contribution < -0.4 is 5.32 Å². The van der Waals surface area contributed by atoms with Gasteiger partial charge in [-0.05, 0) is 51.8 Å². The summed E-state index contributed by atoms with van der Waals surface area (Å²) >= 11 is 0. The molecule has 20 heavy (non-hydrogen) atoms. The van der Waals surface area contributed by atoms with E-state index in [1.807, 2.05) is 21.8 Å². The second-order valence-corrected chi connectivity index (χ2v) is 5.85. The van der Waals surface area contributed by atoms with Crippen LogP contribution >= 0.6 is 0 Å². The summed E-state index contributed by atoms with van der Waals surface area (Å²) in [5.74, 6) is 0.890. The molecule has 1 amide bonds. The number of hydrogen-bond acceptors (Lipinski definition) is 3. The summed E-state index contributed by atoms with van der Waals surface area (Å²) < 4.78 is 1.82. The van der Waals surface area contributed by atoms with Crippen molar-refractivity contribution in [1.29, 1.82) is 0 Å². The Balaban J connectivity index is 1.84. The van der Waals surface area contributed by atoms with Gasteiger partial charge in [0, 0.05) is 37.9 Å². The minimum absolute atomic E-state index is 0.244. The maximum Gasteiger partial charge on any atom is 0.224 e. The molecule has 2 rings (SSSR count). The average molecular weight is 278 g/mol. The number of carbonyl (C=O) groups excluding carboxylic acids is 1. The van der Waals surface area contributed by atoms with Gasteiger partial charge in [0.25, 0.3) is 0 Å². The number of nitrogens with zero attached hydrogens (tertiary/aromatic N) is 3. The topological polar surface area (TPSA) is 50.2 Å². The molecule has 1 aromatic rings. The summed E-state index contributed by atoms with van der Waals surface area (Å²) in [6, 6.07) is 2.16. The van der Waals surface area contributed by atoms with Gasteiger partial charge < -0.3 is 10.2 Å². The number of piperidine rings is 1. The van der Waals surface area contributed by atoms with Crippen molar-refractivity contribution in [1.82, 2.24) is 20.0 Å². The van der Waals surface area contributed by atoms with E-state index in [0.29, 0.717) is 18.9 Å². The molecule has 0 spiro atoms. The number of rotatable bonds is 6. The zero-order valence-electron chi connectivity index (χ0n) is 12.6. The highest BCUT2D eigenvalue weighted by Crippen LogP contribution is 2.16. The molecule has 0 atom stereocenters. The highest BCUT2D eigenvalue weighted by molar-refractivity contribution is 5.76. The Hall–Kier alpha value is -1.36. The van der Waals surface area contributed by atoms with Crippen LogP contribution in [0.1, 0.15) is 33.1 Å². The lowest BCUT2D eigenvalue weighted by molar-refractivity contribution is -0.134. The molecule has 5 nitrogen and oxygen atoms in total. The van der Waals surface area contributed by atoms with Gasteiger partial charge in [-0.3, -0.25) is 9.48 Å². The predicted molar refractivity (Wildman–Crippen MR) is 79.3 cm³/mol. The van der Waals surface area contributed by atoms with E-state index in [2.05, 4.69) is 24.3 Å². The normalized spacial score (nSPS) is 16.6. The van der Waals surface area contributed by atoms with Crippen LogP contribution in [0.25, 0.3) is 0 Å². The van der Waals surface area contributed by atoms with Gasteiger partial charge in [0.1, 0.15) is 0 Å². The molecule has 5 heteroatoms. The van der Waals surface area contributed by atoms with Gasteiger partial charge >= 0.3 is 0 Å². The van der Waals surface area contributed by atoms with Crippen molar-refractivity contribution in [2.75, 3.05) is 19.6 Å². The molecular formula is C15H26N4O. The molecule has 0 saturated carbocycles. The van der Waals surface area contributed by atoms with E-state index in [1.165, 1.54) is 12.8 Å². The average Bonchev–Trinajstić information content (AvgIpc) is 2.96. The third kappa shape index (κ3) is 4.34. The zero-order valence-corrected chi connectivity index (χ0v) is 12.6. The van der Waals surface area contributed by atoms with Crippen LogP contribution in [0.4, 0.5) is 0 Å². The molecule has 1 fully saturated rings. The fraction of sp³-hybridized carbons (Fsp3) is 0.733. The number of aromatic nitrogens is 2. The molecule has 1 aliphatic heterocycles. The zero-order chi connectivity index (χ0) is 14.4. The van der Waals surface area contributed by atoms with E-state index in [9.17, 15) is 4.79 Å². The second-order valence-electron chi connectivity index (χ2n) is 5.85. The minimum Gasteiger partial charge on any atom is -0.340 e. The smallest absolute Gasteiger partial charge is 0.224 e. The van der Waals surface area contributed by atoms with Gasteiger partial charge in [0.15, 0.2) is 0 Å². The number of hydrogen-bond donors (Lipinski definition) is 1. The molecule has 0 radical (unpaired) electrons. The molecule has 1 aliphatic rings. The summed E-state index contributed by atoms with van der Waals surface area (Å²) in [5, 5.41) is 7.52. The standard InChI is InChI=1S/C15H26N4O/c1-13(2)19(12-14-4-8-16-9-5-14)15(20)6-11-18-10-3-7-17-18/h3,7,10,13-14,16H,4-6,8-9,11-12H2,1-2H3. The number of amides is 1. The van der Waals surface area contributed by atoms with Crippen LogP contribution in [-0.4, -0.2) is 46.3 Å². The van der Waals surface area contributed by atoms with Crippen molar-refractivity contribution in [2.24, 2.45) is 5.92 Å². The first-order chi connectivity index (χ1) is 9.66. The lowest BCUT2D eigenvalue weighted by Crippen LogP contribution is -2.43. The Labute approximate surface area is 121 Å². The number of aryl methyl sites for hydroxylation is 1. The van der Waals surface area contributed by atoms with Crippen molar-refractivity contribution in [3.05, 3.63) is 18.5 Å². The van der Waals surface area contributed by atoms with Gasteiger partial charge in [-0.25, -0.2) is 0 Å². The second kappa shape index (κ2) is 7.43. The van der Waals surface area contributed by atoms with E-state index in [0.717, 1.165) is 19.6 Å². The van der Waals surface area contributed by atoms with E-state index >= 15 is 0 Å². The highest BCUT2D eigenvalue weighted by Gasteiger charge is 2.22. The first-order valence-corrected chi connectivity index (χ1v) is 7.64. The van der Waals surface area contributed by atoms with Crippen molar-refractivity contribution in [3.8, 4) is 0 Å². The van der Waals surface area contributed by atoms with Crippen molar-refractivity contribution in [3.63, 3.8) is 0 Å². The van der Waals surface area contributed by atoms with Crippen LogP contribution in [0.2, 0.25) is 0 Å². The van der Waals surface area contributed by atoms with Crippen LogP contribution in [-0.2, 0) is 11.3 Å². The van der Waals surface area contributed by atoms with E-state index in [1.54, 1.807) is 6.20 Å². The Morgan fingerprint density at radius 2 is 2.20 bits per heavy atom. The molecule has 112 valence electrons. The first kappa shape index (κ1) is 15.0. The van der Waals surface area contributed by atoms with E-state index in [-0.39, 0.29) is 11.9 Å². The quantitative estimate of drug-likeness (QED) is 0.858. The molecule has 0 aromatic carbocycles. The van der Waals surface area contributed by atoms with E-state index in [4.69, 9.17) is 0 Å².